The van der Waals surface area contributed by atoms with Crippen LogP contribution in [0, 0.1) is 6.92 Å². The second-order valence-corrected chi connectivity index (χ2v) is 7.58. The first-order chi connectivity index (χ1) is 11.2. The summed E-state index contributed by atoms with van der Waals surface area (Å²) in [6.45, 7) is 3.80. The van der Waals surface area contributed by atoms with Gasteiger partial charge >= 0.3 is 0 Å². The van der Waals surface area contributed by atoms with Gasteiger partial charge in [-0.2, -0.15) is 0 Å². The molecule has 120 valence electrons. The maximum atomic E-state index is 12.3. The number of hydrogen-bond donors (Lipinski definition) is 1. The number of hydrogen-bond acceptors (Lipinski definition) is 5. The second kappa shape index (κ2) is 5.92. The molecular weight excluding hydrogens is 308 g/mol. The Hall–Kier alpha value is -1.95. The van der Waals surface area contributed by atoms with Crippen LogP contribution in [0.25, 0.3) is 0 Å². The molecule has 1 saturated heterocycles. The van der Waals surface area contributed by atoms with Crippen molar-refractivity contribution in [1.82, 2.24) is 15.3 Å². The van der Waals surface area contributed by atoms with Crippen LogP contribution < -0.4 is 10.2 Å². The number of fused-ring (bicyclic) bond motifs is 1. The molecule has 5 nitrogen and oxygen atoms in total. The van der Waals surface area contributed by atoms with Crippen molar-refractivity contribution in [3.8, 4) is 0 Å². The van der Waals surface area contributed by atoms with Crippen molar-refractivity contribution in [3.05, 3.63) is 39.5 Å². The first kappa shape index (κ1) is 14.6. The van der Waals surface area contributed by atoms with Crippen LogP contribution in [-0.4, -0.2) is 35.0 Å². The van der Waals surface area contributed by atoms with E-state index in [0.29, 0.717) is 0 Å². The summed E-state index contributed by atoms with van der Waals surface area (Å²) in [5, 5.41) is 3.16. The van der Waals surface area contributed by atoms with Crippen molar-refractivity contribution in [1.29, 1.82) is 0 Å². The maximum Gasteiger partial charge on any atom is 0.261 e. The topological polar surface area (TPSA) is 58.1 Å². The molecule has 0 unspecified atom stereocenters. The van der Waals surface area contributed by atoms with Gasteiger partial charge in [-0.1, -0.05) is 0 Å². The van der Waals surface area contributed by atoms with Crippen molar-refractivity contribution in [3.63, 3.8) is 0 Å². The van der Waals surface area contributed by atoms with Crippen molar-refractivity contribution in [2.75, 3.05) is 18.0 Å². The van der Waals surface area contributed by atoms with Crippen molar-refractivity contribution in [2.45, 2.75) is 38.6 Å². The molecule has 23 heavy (non-hydrogen) atoms. The van der Waals surface area contributed by atoms with Crippen LogP contribution >= 0.6 is 11.3 Å². The average molecular weight is 328 g/mol. The molecule has 1 N–H and O–H groups in total. The Morgan fingerprint density at radius 2 is 2.26 bits per heavy atom. The van der Waals surface area contributed by atoms with Crippen molar-refractivity contribution in [2.24, 2.45) is 0 Å². The highest BCUT2D eigenvalue weighted by atomic mass is 32.1. The summed E-state index contributed by atoms with van der Waals surface area (Å²) in [6.07, 6.45) is 5.96. The number of nitrogens with zero attached hydrogens (tertiary/aromatic N) is 3. The second-order valence-electron chi connectivity index (χ2n) is 6.29. The van der Waals surface area contributed by atoms with Gasteiger partial charge in [-0.3, -0.25) is 4.79 Å². The third-order valence-electron chi connectivity index (χ3n) is 4.64. The summed E-state index contributed by atoms with van der Waals surface area (Å²) in [7, 11) is 0. The van der Waals surface area contributed by atoms with Gasteiger partial charge < -0.3 is 10.2 Å². The third-order valence-corrected chi connectivity index (χ3v) is 5.64. The molecule has 0 bridgehead atoms. The van der Waals surface area contributed by atoms with E-state index in [0.717, 1.165) is 43.0 Å². The van der Waals surface area contributed by atoms with Crippen LogP contribution in [-0.2, 0) is 12.8 Å². The molecule has 0 spiro atoms. The lowest BCUT2D eigenvalue weighted by Crippen LogP contribution is -2.37. The fourth-order valence-electron chi connectivity index (χ4n) is 3.50. The highest BCUT2D eigenvalue weighted by Crippen LogP contribution is 2.29. The van der Waals surface area contributed by atoms with E-state index in [1.165, 1.54) is 22.6 Å². The number of carbonyl (C=O) groups is 1. The molecule has 1 amide bonds. The maximum absolute atomic E-state index is 12.3. The van der Waals surface area contributed by atoms with E-state index in [1.807, 2.05) is 19.1 Å². The van der Waals surface area contributed by atoms with Crippen LogP contribution in [0.4, 0.5) is 5.82 Å². The van der Waals surface area contributed by atoms with Gasteiger partial charge in [0.2, 0.25) is 0 Å². The van der Waals surface area contributed by atoms with Gasteiger partial charge in [-0.15, -0.1) is 11.3 Å². The zero-order chi connectivity index (χ0) is 15.8. The number of rotatable bonds is 3. The Morgan fingerprint density at radius 1 is 1.35 bits per heavy atom. The number of aryl methyl sites for hydroxylation is 2. The van der Waals surface area contributed by atoms with Crippen LogP contribution in [0.3, 0.4) is 0 Å². The summed E-state index contributed by atoms with van der Waals surface area (Å²) in [5.74, 6) is 1.12. The smallest absolute Gasteiger partial charge is 0.261 e. The first-order valence-corrected chi connectivity index (χ1v) is 8.97. The first-order valence-electron chi connectivity index (χ1n) is 8.16. The zero-order valence-electron chi connectivity index (χ0n) is 13.2. The fraction of sp³-hybridized carbons (Fsp3) is 0.471. The average Bonchev–Trinajstić information content (AvgIpc) is 3.26. The Balaban J connectivity index is 1.44. The summed E-state index contributed by atoms with van der Waals surface area (Å²) >= 11 is 1.55. The SMILES string of the molecule is Cc1ccc(C(=O)N[C@@H]2CCN(c3ncnc4c3CCC4)C2)s1. The third kappa shape index (κ3) is 2.83. The Bertz CT molecular complexity index is 742. The molecule has 4 rings (SSSR count). The number of carbonyl (C=O) groups excluding carboxylic acids is 1. The Labute approximate surface area is 139 Å². The molecule has 1 atom stereocenters. The highest BCUT2D eigenvalue weighted by molar-refractivity contribution is 7.13. The monoisotopic (exact) mass is 328 g/mol. The van der Waals surface area contributed by atoms with Gasteiger partial charge in [-0.05, 0) is 44.7 Å². The van der Waals surface area contributed by atoms with Crippen LogP contribution in [0.5, 0.6) is 0 Å². The molecule has 3 heterocycles. The van der Waals surface area contributed by atoms with E-state index in [9.17, 15) is 4.79 Å². The Kier molecular flexibility index (Phi) is 3.77. The molecule has 1 aliphatic heterocycles. The van der Waals surface area contributed by atoms with E-state index in [-0.39, 0.29) is 11.9 Å². The van der Waals surface area contributed by atoms with Crippen LogP contribution in [0.1, 0.15) is 38.6 Å². The Morgan fingerprint density at radius 3 is 3.09 bits per heavy atom. The van der Waals surface area contributed by atoms with E-state index in [2.05, 4.69) is 20.2 Å². The predicted molar refractivity (Wildman–Crippen MR) is 91.2 cm³/mol. The van der Waals surface area contributed by atoms with Gasteiger partial charge in [-0.25, -0.2) is 9.97 Å². The lowest BCUT2D eigenvalue weighted by molar-refractivity contribution is 0.0944. The van der Waals surface area contributed by atoms with E-state index in [4.69, 9.17) is 0 Å². The van der Waals surface area contributed by atoms with Crippen LogP contribution in [0.2, 0.25) is 0 Å². The molecule has 2 aromatic heterocycles. The molecule has 0 saturated carbocycles. The summed E-state index contributed by atoms with van der Waals surface area (Å²) in [4.78, 5) is 25.5. The number of nitrogens with one attached hydrogen (secondary N) is 1. The molecule has 6 heteroatoms. The largest absolute Gasteiger partial charge is 0.354 e. The molecule has 1 aliphatic carbocycles. The fourth-order valence-corrected chi connectivity index (χ4v) is 4.27. The van der Waals surface area contributed by atoms with Gasteiger partial charge in [0.05, 0.1) is 4.88 Å². The number of thiophene rings is 1. The molecular formula is C17H20N4OS. The number of amides is 1. The molecule has 1 fully saturated rings. The lowest BCUT2D eigenvalue weighted by Gasteiger charge is -2.20. The van der Waals surface area contributed by atoms with E-state index < -0.39 is 0 Å². The summed E-state index contributed by atoms with van der Waals surface area (Å²) < 4.78 is 0. The molecule has 0 aromatic carbocycles. The lowest BCUT2D eigenvalue weighted by atomic mass is 10.2. The normalized spacial score (nSPS) is 19.9. The number of aromatic nitrogens is 2. The van der Waals surface area contributed by atoms with Gasteiger partial charge in [0.15, 0.2) is 0 Å². The van der Waals surface area contributed by atoms with Crippen molar-refractivity contribution >= 4 is 23.1 Å². The zero-order valence-corrected chi connectivity index (χ0v) is 14.0. The quantitative estimate of drug-likeness (QED) is 0.939. The minimum absolute atomic E-state index is 0.0443. The summed E-state index contributed by atoms with van der Waals surface area (Å²) in [6, 6.07) is 4.08. The molecule has 2 aliphatic rings. The minimum atomic E-state index is 0.0443. The van der Waals surface area contributed by atoms with Gasteiger partial charge in [0, 0.05) is 35.3 Å². The van der Waals surface area contributed by atoms with E-state index in [1.54, 1.807) is 17.7 Å². The highest BCUT2D eigenvalue weighted by Gasteiger charge is 2.28. The van der Waals surface area contributed by atoms with Gasteiger partial charge in [0.1, 0.15) is 12.1 Å². The van der Waals surface area contributed by atoms with Crippen molar-refractivity contribution < 1.29 is 4.79 Å². The summed E-state index contributed by atoms with van der Waals surface area (Å²) in [5.41, 5.74) is 2.52. The number of anilines is 1. The molecule has 2 aromatic rings. The predicted octanol–water partition coefficient (Wildman–Crippen LogP) is 2.34. The van der Waals surface area contributed by atoms with Crippen LogP contribution in [0.15, 0.2) is 18.5 Å². The van der Waals surface area contributed by atoms with E-state index >= 15 is 0 Å². The standard InChI is InChI=1S/C17H20N4OS/c1-11-5-6-15(23-11)17(22)20-12-7-8-21(9-12)16-13-3-2-4-14(13)18-10-19-16/h5-6,10,12H,2-4,7-9H2,1H3,(H,20,22)/t12-/m1/s1. The van der Waals surface area contributed by atoms with Gasteiger partial charge in [0.25, 0.3) is 5.91 Å². The minimum Gasteiger partial charge on any atom is -0.354 e. The molecule has 0 radical (unpaired) electrons.